The first-order valence-electron chi connectivity index (χ1n) is 5.93. The molecule has 0 aliphatic carbocycles. The summed E-state index contributed by atoms with van der Waals surface area (Å²) in [5.41, 5.74) is 0.404. The zero-order chi connectivity index (χ0) is 13.6. The van der Waals surface area contributed by atoms with Crippen molar-refractivity contribution in [3.05, 3.63) is 23.8 Å². The van der Waals surface area contributed by atoms with Gasteiger partial charge < -0.3 is 9.47 Å². The molecule has 15 heavy (non-hydrogen) atoms. The highest BCUT2D eigenvalue weighted by molar-refractivity contribution is 9.09. The summed E-state index contributed by atoms with van der Waals surface area (Å²) >= 11 is 3.26. The zero-order valence-corrected chi connectivity index (χ0v) is 9.62. The van der Waals surface area contributed by atoms with Crippen molar-refractivity contribution >= 4 is 22.2 Å². The second-order valence-corrected chi connectivity index (χ2v) is 3.61. The monoisotopic (exact) mass is 275 g/mol. The van der Waals surface area contributed by atoms with Gasteiger partial charge in [0, 0.05) is 10.9 Å². The minimum absolute atomic E-state index is 0.107. The Morgan fingerprint density at radius 3 is 3.07 bits per heavy atom. The molecule has 0 fully saturated rings. The molecule has 0 N–H and O–H groups in total. The number of methoxy groups -OCH3 is 1. The van der Waals surface area contributed by atoms with E-state index in [-0.39, 0.29) is 11.5 Å². The highest BCUT2D eigenvalue weighted by atomic mass is 79.9. The molecule has 0 saturated carbocycles. The molecule has 4 heteroatoms. The third kappa shape index (κ3) is 3.55. The molecule has 3 nitrogen and oxygen atoms in total. The van der Waals surface area contributed by atoms with E-state index in [9.17, 15) is 4.79 Å². The molecule has 0 bridgehead atoms. The Kier molecular flexibility index (Phi) is 3.51. The van der Waals surface area contributed by atoms with E-state index < -0.39 is 7.04 Å². The molecule has 0 aromatic heterocycles. The molecular formula is C11H13BrO3. The molecule has 82 valence electrons. The van der Waals surface area contributed by atoms with Crippen LogP contribution in [-0.2, 0) is 0 Å². The van der Waals surface area contributed by atoms with Crippen molar-refractivity contribution in [2.24, 2.45) is 0 Å². The van der Waals surface area contributed by atoms with Crippen molar-refractivity contribution in [3.8, 4) is 11.5 Å². The Labute approximate surface area is 102 Å². The lowest BCUT2D eigenvalue weighted by Crippen LogP contribution is -2.00. The van der Waals surface area contributed by atoms with Gasteiger partial charge in [0.05, 0.1) is 17.8 Å². The third-order valence-electron chi connectivity index (χ3n) is 1.75. The van der Waals surface area contributed by atoms with E-state index in [0.717, 1.165) is 11.8 Å². The van der Waals surface area contributed by atoms with Gasteiger partial charge in [0.25, 0.3) is 0 Å². The van der Waals surface area contributed by atoms with Crippen LogP contribution in [0.15, 0.2) is 18.2 Å². The van der Waals surface area contributed by atoms with E-state index in [1.54, 1.807) is 0 Å². The van der Waals surface area contributed by atoms with Crippen molar-refractivity contribution in [1.82, 2.24) is 0 Å². The number of carbonyl (C=O) groups excluding carboxylic acids is 1. The fraction of sp³-hybridized carbons (Fsp3) is 0.364. The van der Waals surface area contributed by atoms with Gasteiger partial charge in [-0.25, -0.2) is 0 Å². The summed E-state index contributed by atoms with van der Waals surface area (Å²) in [6.07, 6.45) is 1.43. The minimum atomic E-state index is -2.55. The van der Waals surface area contributed by atoms with Crippen LogP contribution in [0.25, 0.3) is 0 Å². The van der Waals surface area contributed by atoms with Crippen LogP contribution in [0.2, 0.25) is 0 Å². The lowest BCUT2D eigenvalue weighted by atomic mass is 10.2. The Morgan fingerprint density at radius 2 is 2.40 bits per heavy atom. The number of ether oxygens (including phenoxy) is 2. The number of benzene rings is 1. The fourth-order valence-corrected chi connectivity index (χ4v) is 1.26. The van der Waals surface area contributed by atoms with E-state index >= 15 is 0 Å². The normalized spacial score (nSPS) is 13.5. The van der Waals surface area contributed by atoms with Crippen molar-refractivity contribution in [3.63, 3.8) is 0 Å². The maximum atomic E-state index is 10.7. The molecule has 0 saturated heterocycles. The summed E-state index contributed by atoms with van der Waals surface area (Å²) in [6, 6.07) is 4.35. The molecule has 1 aromatic carbocycles. The maximum absolute atomic E-state index is 10.7. The average molecular weight is 276 g/mol. The number of rotatable bonds is 6. The van der Waals surface area contributed by atoms with Gasteiger partial charge in [0.1, 0.15) is 6.29 Å². The first-order chi connectivity index (χ1) is 8.46. The predicted octanol–water partition coefficient (Wildman–Crippen LogP) is 2.67. The smallest absolute Gasteiger partial charge is 0.161 e. The molecule has 0 aliphatic heterocycles. The first kappa shape index (κ1) is 8.16. The number of alkyl halides is 1. The van der Waals surface area contributed by atoms with Crippen LogP contribution in [0.1, 0.15) is 20.9 Å². The van der Waals surface area contributed by atoms with Crippen LogP contribution >= 0.6 is 15.9 Å². The summed E-state index contributed by atoms with van der Waals surface area (Å²) in [4.78, 5) is 10.7. The second kappa shape index (κ2) is 6.45. The number of hydrogen-bond acceptors (Lipinski definition) is 3. The molecule has 0 atom stereocenters. The first-order valence-corrected chi connectivity index (χ1v) is 5.55. The Bertz CT molecular complexity index is 407. The molecule has 0 radical (unpaired) electrons. The predicted molar refractivity (Wildman–Crippen MR) is 62.3 cm³/mol. The molecule has 0 aliphatic rings. The molecule has 0 unspecified atom stereocenters. The van der Waals surface area contributed by atoms with Crippen molar-refractivity contribution in [2.75, 3.05) is 19.0 Å². The van der Waals surface area contributed by atoms with Gasteiger partial charge in [0.15, 0.2) is 11.5 Å². The van der Waals surface area contributed by atoms with E-state index in [4.69, 9.17) is 13.6 Å². The van der Waals surface area contributed by atoms with Crippen molar-refractivity contribution in [2.45, 2.75) is 6.42 Å². The van der Waals surface area contributed by atoms with Crippen molar-refractivity contribution in [1.29, 1.82) is 0 Å². The summed E-state index contributed by atoms with van der Waals surface area (Å²) < 4.78 is 31.4. The minimum Gasteiger partial charge on any atom is -0.493 e. The molecule has 0 spiro atoms. The van der Waals surface area contributed by atoms with Crippen LogP contribution in [0.5, 0.6) is 11.5 Å². The molecule has 1 rings (SSSR count). The van der Waals surface area contributed by atoms with Gasteiger partial charge in [0.2, 0.25) is 0 Å². The zero-order valence-electron chi connectivity index (χ0n) is 11.0. The highest BCUT2D eigenvalue weighted by Gasteiger charge is 2.04. The molecule has 0 amide bonds. The maximum Gasteiger partial charge on any atom is 0.161 e. The molecule has 0 heterocycles. The lowest BCUT2D eigenvalue weighted by molar-refractivity contribution is 0.112. The Morgan fingerprint density at radius 1 is 1.53 bits per heavy atom. The number of hydrogen-bond donors (Lipinski definition) is 0. The standard InChI is InChI=1S/C11H13BrO3/c1-14-10-4-3-9(8-13)7-11(10)15-6-2-5-12/h3-4,7-8H,2,5-6H2,1H3/i1D3. The SMILES string of the molecule is [2H]C([2H])([2H])Oc1ccc(C=O)cc1OCCCBr. The molecular weight excluding hydrogens is 260 g/mol. The molecule has 1 aromatic rings. The summed E-state index contributed by atoms with van der Waals surface area (Å²) in [7, 11) is -2.55. The van der Waals surface area contributed by atoms with E-state index in [0.29, 0.717) is 18.5 Å². The van der Waals surface area contributed by atoms with Crippen LogP contribution in [-0.4, -0.2) is 25.3 Å². The van der Waals surface area contributed by atoms with Gasteiger partial charge in [-0.05, 0) is 24.6 Å². The largest absolute Gasteiger partial charge is 0.493 e. The van der Waals surface area contributed by atoms with Crippen LogP contribution in [0, 0.1) is 0 Å². The van der Waals surface area contributed by atoms with Crippen molar-refractivity contribution < 1.29 is 18.4 Å². The highest BCUT2D eigenvalue weighted by Crippen LogP contribution is 2.27. The third-order valence-corrected chi connectivity index (χ3v) is 2.31. The van der Waals surface area contributed by atoms with Gasteiger partial charge in [-0.1, -0.05) is 15.9 Å². The summed E-state index contributed by atoms with van der Waals surface area (Å²) in [6.45, 7) is 0.408. The van der Waals surface area contributed by atoms with Crippen LogP contribution in [0.4, 0.5) is 0 Å². The van der Waals surface area contributed by atoms with Crippen LogP contribution in [0.3, 0.4) is 0 Å². The van der Waals surface area contributed by atoms with Gasteiger partial charge >= 0.3 is 0 Å². The summed E-state index contributed by atoms with van der Waals surface area (Å²) in [5.74, 6) is 0.367. The Balaban J connectivity index is 2.89. The Hall–Kier alpha value is -1.03. The quantitative estimate of drug-likeness (QED) is 0.455. The summed E-state index contributed by atoms with van der Waals surface area (Å²) in [5, 5.41) is 0.774. The number of aldehydes is 1. The van der Waals surface area contributed by atoms with Gasteiger partial charge in [-0.3, -0.25) is 4.79 Å². The van der Waals surface area contributed by atoms with E-state index in [1.165, 1.54) is 18.2 Å². The van der Waals surface area contributed by atoms with E-state index in [1.807, 2.05) is 0 Å². The number of halogens is 1. The fourth-order valence-electron chi connectivity index (χ4n) is 1.03. The lowest BCUT2D eigenvalue weighted by Gasteiger charge is -2.10. The average Bonchev–Trinajstić information content (AvgIpc) is 2.29. The van der Waals surface area contributed by atoms with Gasteiger partial charge in [-0.15, -0.1) is 0 Å². The second-order valence-electron chi connectivity index (χ2n) is 2.82. The van der Waals surface area contributed by atoms with E-state index in [2.05, 4.69) is 15.9 Å². The van der Waals surface area contributed by atoms with Gasteiger partial charge in [-0.2, -0.15) is 0 Å². The topological polar surface area (TPSA) is 35.5 Å². The van der Waals surface area contributed by atoms with Crippen LogP contribution < -0.4 is 9.47 Å². The number of carbonyl (C=O) groups is 1.